The Labute approximate surface area is 198 Å². The molecular weight excluding hydrogens is 442 g/mol. The standard InChI is InChI=1S/C26H28ClNO5/c1-16(2)15-33-20-6-3-5-18(13-20)24(29)22-23(17-8-10-19(27)11-9-17)28(26(31)25(22)30)14-21-7-4-12-32-21/h3,5-6,8-11,13,16,21,23,29H,4,7,12,14-15H2,1-2H3/b24-22-. The van der Waals surface area contributed by atoms with Gasteiger partial charge in [-0.25, -0.2) is 0 Å². The van der Waals surface area contributed by atoms with Crippen molar-refractivity contribution in [3.8, 4) is 5.75 Å². The van der Waals surface area contributed by atoms with E-state index >= 15 is 0 Å². The number of nitrogens with zero attached hydrogens (tertiary/aromatic N) is 1. The zero-order chi connectivity index (χ0) is 23.5. The van der Waals surface area contributed by atoms with Crippen molar-refractivity contribution < 1.29 is 24.2 Å². The quantitative estimate of drug-likeness (QED) is 0.352. The number of rotatable bonds is 7. The summed E-state index contributed by atoms with van der Waals surface area (Å²) in [5.74, 6) is -0.643. The largest absolute Gasteiger partial charge is 0.507 e. The van der Waals surface area contributed by atoms with E-state index in [1.807, 2.05) is 13.8 Å². The van der Waals surface area contributed by atoms with Gasteiger partial charge in [0.25, 0.3) is 11.7 Å². The monoisotopic (exact) mass is 469 g/mol. The molecule has 33 heavy (non-hydrogen) atoms. The number of ether oxygens (including phenoxy) is 2. The van der Waals surface area contributed by atoms with Crippen molar-refractivity contribution in [2.24, 2.45) is 5.92 Å². The van der Waals surface area contributed by atoms with Crippen molar-refractivity contribution in [3.05, 3.63) is 70.3 Å². The Balaban J connectivity index is 1.76. The van der Waals surface area contributed by atoms with Gasteiger partial charge in [-0.2, -0.15) is 0 Å². The van der Waals surface area contributed by atoms with E-state index < -0.39 is 17.7 Å². The number of likely N-dealkylation sites (tertiary alicyclic amines) is 1. The van der Waals surface area contributed by atoms with Gasteiger partial charge >= 0.3 is 0 Å². The van der Waals surface area contributed by atoms with Crippen LogP contribution in [-0.2, 0) is 14.3 Å². The molecule has 2 atom stereocenters. The smallest absolute Gasteiger partial charge is 0.295 e. The summed E-state index contributed by atoms with van der Waals surface area (Å²) in [6.45, 7) is 5.55. The lowest BCUT2D eigenvalue weighted by atomic mass is 9.95. The van der Waals surface area contributed by atoms with Gasteiger partial charge in [0, 0.05) is 23.7 Å². The molecule has 0 spiro atoms. The first-order valence-corrected chi connectivity index (χ1v) is 11.6. The first-order valence-electron chi connectivity index (χ1n) is 11.2. The average Bonchev–Trinajstić information content (AvgIpc) is 3.40. The van der Waals surface area contributed by atoms with E-state index in [2.05, 4.69) is 0 Å². The van der Waals surface area contributed by atoms with Gasteiger partial charge in [0.1, 0.15) is 11.5 Å². The lowest BCUT2D eigenvalue weighted by Gasteiger charge is -2.27. The maximum atomic E-state index is 13.1. The Bertz CT molecular complexity index is 1060. The highest BCUT2D eigenvalue weighted by atomic mass is 35.5. The van der Waals surface area contributed by atoms with E-state index in [1.165, 1.54) is 4.90 Å². The number of aliphatic hydroxyl groups is 1. The SMILES string of the molecule is CC(C)COc1cccc(/C(O)=C2/C(=O)C(=O)N(CC3CCCO3)C2c2ccc(Cl)cc2)c1. The fourth-order valence-corrected chi connectivity index (χ4v) is 4.35. The molecule has 4 rings (SSSR count). The third-order valence-electron chi connectivity index (χ3n) is 5.84. The molecule has 2 aliphatic heterocycles. The van der Waals surface area contributed by atoms with Crippen molar-refractivity contribution in [1.29, 1.82) is 0 Å². The second-order valence-corrected chi connectivity index (χ2v) is 9.31. The third-order valence-corrected chi connectivity index (χ3v) is 6.09. The molecule has 0 bridgehead atoms. The summed E-state index contributed by atoms with van der Waals surface area (Å²) in [5, 5.41) is 11.8. The van der Waals surface area contributed by atoms with Gasteiger partial charge in [-0.1, -0.05) is 49.7 Å². The number of carbonyl (C=O) groups is 2. The van der Waals surface area contributed by atoms with E-state index in [0.717, 1.165) is 12.8 Å². The molecule has 1 N–H and O–H groups in total. The first kappa shape index (κ1) is 23.3. The molecule has 2 aromatic rings. The van der Waals surface area contributed by atoms with Gasteiger partial charge in [-0.15, -0.1) is 0 Å². The van der Waals surface area contributed by atoms with Crippen molar-refractivity contribution in [2.45, 2.75) is 38.8 Å². The number of hydrogen-bond donors (Lipinski definition) is 1. The molecule has 7 heteroatoms. The van der Waals surface area contributed by atoms with Crippen LogP contribution in [-0.4, -0.2) is 47.6 Å². The minimum absolute atomic E-state index is 0.0568. The number of carbonyl (C=O) groups excluding carboxylic acids is 2. The van der Waals surface area contributed by atoms with E-state index in [0.29, 0.717) is 41.0 Å². The van der Waals surface area contributed by atoms with Gasteiger partial charge in [-0.05, 0) is 48.6 Å². The van der Waals surface area contributed by atoms with Crippen LogP contribution in [0.4, 0.5) is 0 Å². The summed E-state index contributed by atoms with van der Waals surface area (Å²) in [4.78, 5) is 27.7. The van der Waals surface area contributed by atoms with Crippen LogP contribution in [0, 0.1) is 5.92 Å². The highest BCUT2D eigenvalue weighted by Gasteiger charge is 2.47. The average molecular weight is 470 g/mol. The van der Waals surface area contributed by atoms with Crippen LogP contribution in [0.15, 0.2) is 54.1 Å². The predicted molar refractivity (Wildman–Crippen MR) is 126 cm³/mol. The van der Waals surface area contributed by atoms with Crippen LogP contribution in [0.1, 0.15) is 43.9 Å². The van der Waals surface area contributed by atoms with Crippen molar-refractivity contribution in [3.63, 3.8) is 0 Å². The zero-order valence-corrected chi connectivity index (χ0v) is 19.5. The third kappa shape index (κ3) is 5.07. The molecule has 2 heterocycles. The maximum absolute atomic E-state index is 13.1. The van der Waals surface area contributed by atoms with Gasteiger partial charge in [0.15, 0.2) is 0 Å². The molecule has 174 valence electrons. The Kier molecular flexibility index (Phi) is 7.05. The number of Topliss-reactive ketones (excluding diaryl/α,β-unsaturated/α-hetero) is 1. The van der Waals surface area contributed by atoms with Crippen LogP contribution in [0.5, 0.6) is 5.75 Å². The number of hydrogen-bond acceptors (Lipinski definition) is 5. The summed E-state index contributed by atoms with van der Waals surface area (Å²) >= 11 is 6.07. The zero-order valence-electron chi connectivity index (χ0n) is 18.8. The van der Waals surface area contributed by atoms with Crippen LogP contribution in [0.2, 0.25) is 5.02 Å². The van der Waals surface area contributed by atoms with E-state index in [4.69, 9.17) is 21.1 Å². The second-order valence-electron chi connectivity index (χ2n) is 8.87. The number of halogens is 1. The molecule has 0 aliphatic carbocycles. The van der Waals surface area contributed by atoms with Crippen molar-refractivity contribution in [2.75, 3.05) is 19.8 Å². The van der Waals surface area contributed by atoms with Crippen LogP contribution >= 0.6 is 11.6 Å². The summed E-state index contributed by atoms with van der Waals surface area (Å²) < 4.78 is 11.5. The molecule has 2 saturated heterocycles. The molecule has 2 aromatic carbocycles. The van der Waals surface area contributed by atoms with Gasteiger partial charge in [0.2, 0.25) is 0 Å². The number of amides is 1. The Morgan fingerprint density at radius 2 is 1.97 bits per heavy atom. The Hall–Kier alpha value is -2.83. The van der Waals surface area contributed by atoms with Crippen LogP contribution in [0.3, 0.4) is 0 Å². The lowest BCUT2D eigenvalue weighted by Crippen LogP contribution is -2.36. The van der Waals surface area contributed by atoms with Crippen molar-refractivity contribution in [1.82, 2.24) is 4.90 Å². The van der Waals surface area contributed by atoms with E-state index in [-0.39, 0.29) is 24.0 Å². The van der Waals surface area contributed by atoms with Crippen LogP contribution in [0.25, 0.3) is 5.76 Å². The maximum Gasteiger partial charge on any atom is 0.295 e. The molecule has 2 unspecified atom stereocenters. The predicted octanol–water partition coefficient (Wildman–Crippen LogP) is 4.98. The summed E-state index contributed by atoms with van der Waals surface area (Å²) in [6.07, 6.45) is 1.61. The molecule has 6 nitrogen and oxygen atoms in total. The fourth-order valence-electron chi connectivity index (χ4n) is 4.22. The molecular formula is C26H28ClNO5. The van der Waals surface area contributed by atoms with Crippen molar-refractivity contribution >= 4 is 29.1 Å². The van der Waals surface area contributed by atoms with Gasteiger partial charge < -0.3 is 19.5 Å². The fraction of sp³-hybridized carbons (Fsp3) is 0.385. The number of aliphatic hydroxyl groups excluding tert-OH is 1. The minimum atomic E-state index is -0.730. The molecule has 0 aromatic heterocycles. The highest BCUT2D eigenvalue weighted by Crippen LogP contribution is 2.40. The Morgan fingerprint density at radius 1 is 1.21 bits per heavy atom. The van der Waals surface area contributed by atoms with Crippen LogP contribution < -0.4 is 4.74 Å². The summed E-state index contributed by atoms with van der Waals surface area (Å²) in [5.41, 5.74) is 1.18. The summed E-state index contributed by atoms with van der Waals surface area (Å²) in [7, 11) is 0. The minimum Gasteiger partial charge on any atom is -0.507 e. The summed E-state index contributed by atoms with van der Waals surface area (Å²) in [6, 6.07) is 13.2. The molecule has 0 radical (unpaired) electrons. The molecule has 1 amide bonds. The molecule has 2 aliphatic rings. The first-order chi connectivity index (χ1) is 15.8. The molecule has 2 fully saturated rings. The topological polar surface area (TPSA) is 76.1 Å². The number of ketones is 1. The highest BCUT2D eigenvalue weighted by molar-refractivity contribution is 6.46. The van der Waals surface area contributed by atoms with E-state index in [9.17, 15) is 14.7 Å². The second kappa shape index (κ2) is 9.98. The number of benzene rings is 2. The molecule has 0 saturated carbocycles. The van der Waals surface area contributed by atoms with Gasteiger partial charge in [0.05, 0.1) is 24.3 Å². The Morgan fingerprint density at radius 3 is 2.64 bits per heavy atom. The lowest BCUT2D eigenvalue weighted by molar-refractivity contribution is -0.140. The van der Waals surface area contributed by atoms with Gasteiger partial charge in [-0.3, -0.25) is 9.59 Å². The van der Waals surface area contributed by atoms with E-state index in [1.54, 1.807) is 48.5 Å². The normalized spacial score (nSPS) is 22.4.